The lowest BCUT2D eigenvalue weighted by Gasteiger charge is -2.40. The van der Waals surface area contributed by atoms with Crippen LogP contribution < -0.4 is 5.32 Å². The molecule has 1 N–H and O–H groups in total. The lowest BCUT2D eigenvalue weighted by atomic mass is 9.82. The molecule has 0 aliphatic carbocycles. The summed E-state index contributed by atoms with van der Waals surface area (Å²) >= 11 is 3.94. The maximum Gasteiger partial charge on any atom is 0.0388 e. The van der Waals surface area contributed by atoms with Crippen LogP contribution in [0.2, 0.25) is 0 Å². The second-order valence-corrected chi connectivity index (χ2v) is 7.40. The molecule has 1 fully saturated rings. The van der Waals surface area contributed by atoms with E-state index in [9.17, 15) is 0 Å². The normalized spacial score (nSPS) is 26.6. The molecule has 0 aromatic carbocycles. The first-order chi connectivity index (χ1) is 7.59. The molecule has 1 aromatic rings. The number of nitrogens with one attached hydrogen (secondary N) is 1. The monoisotopic (exact) mass is 255 g/mol. The summed E-state index contributed by atoms with van der Waals surface area (Å²) in [5, 5.41) is 5.96. The Morgan fingerprint density at radius 1 is 1.50 bits per heavy atom. The highest BCUT2D eigenvalue weighted by molar-refractivity contribution is 7.99. The maximum atomic E-state index is 3.80. The van der Waals surface area contributed by atoms with Gasteiger partial charge in [0.1, 0.15) is 0 Å². The Morgan fingerprint density at radius 3 is 2.94 bits per heavy atom. The average Bonchev–Trinajstić information content (AvgIpc) is 2.74. The third-order valence-electron chi connectivity index (χ3n) is 3.54. The van der Waals surface area contributed by atoms with Gasteiger partial charge in [-0.1, -0.05) is 19.9 Å². The molecular formula is C13H21NS2. The quantitative estimate of drug-likeness (QED) is 0.878. The van der Waals surface area contributed by atoms with Gasteiger partial charge in [0.05, 0.1) is 0 Å². The molecule has 0 saturated carbocycles. The van der Waals surface area contributed by atoms with Crippen molar-refractivity contribution in [1.29, 1.82) is 0 Å². The zero-order valence-electron chi connectivity index (χ0n) is 10.3. The Labute approximate surface area is 107 Å². The lowest BCUT2D eigenvalue weighted by Crippen LogP contribution is -2.47. The minimum atomic E-state index is 0.441. The predicted octanol–water partition coefficient (Wildman–Crippen LogP) is 3.93. The Kier molecular flexibility index (Phi) is 3.98. The van der Waals surface area contributed by atoms with Crippen LogP contribution in [0, 0.1) is 5.41 Å². The van der Waals surface area contributed by atoms with Crippen LogP contribution in [0.15, 0.2) is 17.5 Å². The first-order valence-electron chi connectivity index (χ1n) is 5.97. The van der Waals surface area contributed by atoms with Gasteiger partial charge >= 0.3 is 0 Å². The average molecular weight is 255 g/mol. The number of hydrogen-bond donors (Lipinski definition) is 1. The Bertz CT molecular complexity index is 319. The standard InChI is InChI=1S/C13H21NS2/c1-10(11-5-4-7-16-11)14-12-9-15-8-6-13(12,2)3/h4-5,7,10,12,14H,6,8-9H2,1-3H3/t10-,12?/m1/s1. The fourth-order valence-corrected chi connectivity index (χ4v) is 4.50. The molecule has 1 saturated heterocycles. The largest absolute Gasteiger partial charge is 0.305 e. The zero-order valence-corrected chi connectivity index (χ0v) is 12.0. The fourth-order valence-electron chi connectivity index (χ4n) is 2.13. The highest BCUT2D eigenvalue weighted by Crippen LogP contribution is 2.35. The van der Waals surface area contributed by atoms with Crippen LogP contribution >= 0.6 is 23.1 Å². The summed E-state index contributed by atoms with van der Waals surface area (Å²) in [5.74, 6) is 2.57. The highest BCUT2D eigenvalue weighted by atomic mass is 32.2. The van der Waals surface area contributed by atoms with Gasteiger partial charge in [-0.2, -0.15) is 11.8 Å². The molecule has 2 rings (SSSR count). The minimum absolute atomic E-state index is 0.441. The van der Waals surface area contributed by atoms with Crippen LogP contribution in [0.25, 0.3) is 0 Å². The van der Waals surface area contributed by atoms with Crippen molar-refractivity contribution in [3.63, 3.8) is 0 Å². The van der Waals surface area contributed by atoms with Crippen molar-refractivity contribution >= 4 is 23.1 Å². The Balaban J connectivity index is 1.98. The first kappa shape index (κ1) is 12.5. The van der Waals surface area contributed by atoms with E-state index in [4.69, 9.17) is 0 Å². The maximum absolute atomic E-state index is 3.80. The van der Waals surface area contributed by atoms with E-state index in [2.05, 4.69) is 55.4 Å². The number of hydrogen-bond acceptors (Lipinski definition) is 3. The van der Waals surface area contributed by atoms with Gasteiger partial charge in [0.2, 0.25) is 0 Å². The van der Waals surface area contributed by atoms with Gasteiger partial charge in [-0.05, 0) is 36.0 Å². The van der Waals surface area contributed by atoms with Gasteiger partial charge < -0.3 is 5.32 Å². The molecular weight excluding hydrogens is 234 g/mol. The summed E-state index contributed by atoms with van der Waals surface area (Å²) in [4.78, 5) is 1.45. The summed E-state index contributed by atoms with van der Waals surface area (Å²) in [7, 11) is 0. The molecule has 0 spiro atoms. The molecule has 2 atom stereocenters. The van der Waals surface area contributed by atoms with Crippen LogP contribution in [0.1, 0.15) is 38.1 Å². The van der Waals surface area contributed by atoms with Crippen LogP contribution in [-0.4, -0.2) is 17.5 Å². The molecule has 0 amide bonds. The van der Waals surface area contributed by atoms with E-state index in [1.54, 1.807) is 0 Å². The van der Waals surface area contributed by atoms with Crippen molar-refractivity contribution in [3.05, 3.63) is 22.4 Å². The third-order valence-corrected chi connectivity index (χ3v) is 5.66. The minimum Gasteiger partial charge on any atom is -0.305 e. The fraction of sp³-hybridized carbons (Fsp3) is 0.692. The molecule has 1 aliphatic heterocycles. The van der Waals surface area contributed by atoms with Gasteiger partial charge in [-0.3, -0.25) is 0 Å². The topological polar surface area (TPSA) is 12.0 Å². The van der Waals surface area contributed by atoms with E-state index < -0.39 is 0 Å². The molecule has 90 valence electrons. The van der Waals surface area contributed by atoms with Crippen molar-refractivity contribution < 1.29 is 0 Å². The molecule has 1 nitrogen and oxygen atoms in total. The SMILES string of the molecule is C[C@@H](NC1CSCCC1(C)C)c1cccs1. The molecule has 1 aliphatic rings. The van der Waals surface area contributed by atoms with Crippen LogP contribution in [-0.2, 0) is 0 Å². The van der Waals surface area contributed by atoms with Gasteiger partial charge in [0, 0.05) is 22.7 Å². The second kappa shape index (κ2) is 5.11. The van der Waals surface area contributed by atoms with Crippen molar-refractivity contribution in [2.75, 3.05) is 11.5 Å². The molecule has 1 aromatic heterocycles. The van der Waals surface area contributed by atoms with Gasteiger partial charge in [-0.25, -0.2) is 0 Å². The molecule has 0 bridgehead atoms. The number of rotatable bonds is 3. The van der Waals surface area contributed by atoms with E-state index in [0.717, 1.165) is 0 Å². The molecule has 0 radical (unpaired) electrons. The lowest BCUT2D eigenvalue weighted by molar-refractivity contribution is 0.232. The van der Waals surface area contributed by atoms with Crippen molar-refractivity contribution in [2.45, 2.75) is 39.3 Å². The van der Waals surface area contributed by atoms with E-state index in [0.29, 0.717) is 17.5 Å². The third kappa shape index (κ3) is 2.82. The predicted molar refractivity (Wildman–Crippen MR) is 75.4 cm³/mol. The van der Waals surface area contributed by atoms with Crippen LogP contribution in [0.3, 0.4) is 0 Å². The Morgan fingerprint density at radius 2 is 2.31 bits per heavy atom. The van der Waals surface area contributed by atoms with Crippen LogP contribution in [0.5, 0.6) is 0 Å². The van der Waals surface area contributed by atoms with E-state index in [1.807, 2.05) is 11.3 Å². The van der Waals surface area contributed by atoms with E-state index in [1.165, 1.54) is 22.8 Å². The molecule has 1 unspecified atom stereocenters. The summed E-state index contributed by atoms with van der Waals surface area (Å²) < 4.78 is 0. The zero-order chi connectivity index (χ0) is 11.6. The first-order valence-corrected chi connectivity index (χ1v) is 8.00. The summed E-state index contributed by atoms with van der Waals surface area (Å²) in [6.07, 6.45) is 1.33. The van der Waals surface area contributed by atoms with E-state index >= 15 is 0 Å². The Hall–Kier alpha value is 0.01000. The van der Waals surface area contributed by atoms with E-state index in [-0.39, 0.29) is 0 Å². The summed E-state index contributed by atoms with van der Waals surface area (Å²) in [6, 6.07) is 5.50. The molecule has 16 heavy (non-hydrogen) atoms. The molecule has 2 heterocycles. The van der Waals surface area contributed by atoms with Crippen molar-refractivity contribution in [3.8, 4) is 0 Å². The highest BCUT2D eigenvalue weighted by Gasteiger charge is 2.33. The van der Waals surface area contributed by atoms with Crippen LogP contribution in [0.4, 0.5) is 0 Å². The van der Waals surface area contributed by atoms with Gasteiger partial charge in [0.15, 0.2) is 0 Å². The summed E-state index contributed by atoms with van der Waals surface area (Å²) in [5.41, 5.74) is 0.441. The van der Waals surface area contributed by atoms with Crippen molar-refractivity contribution in [2.24, 2.45) is 5.41 Å². The number of thioether (sulfide) groups is 1. The smallest absolute Gasteiger partial charge is 0.0388 e. The number of thiophene rings is 1. The molecule has 3 heteroatoms. The van der Waals surface area contributed by atoms with Crippen molar-refractivity contribution in [1.82, 2.24) is 5.32 Å². The van der Waals surface area contributed by atoms with Gasteiger partial charge in [-0.15, -0.1) is 11.3 Å². The second-order valence-electron chi connectivity index (χ2n) is 5.27. The summed E-state index contributed by atoms with van der Waals surface area (Å²) in [6.45, 7) is 7.07. The van der Waals surface area contributed by atoms with Gasteiger partial charge in [0.25, 0.3) is 0 Å².